The number of hydrogen-bond donors (Lipinski definition) is 0. The zero-order chi connectivity index (χ0) is 16.4. The first-order valence-corrected chi connectivity index (χ1v) is 8.20. The fourth-order valence-electron chi connectivity index (χ4n) is 2.15. The minimum Gasteiger partial charge on any atom is -0.494 e. The van der Waals surface area contributed by atoms with Crippen molar-refractivity contribution in [3.8, 4) is 11.8 Å². The molecule has 23 heavy (non-hydrogen) atoms. The van der Waals surface area contributed by atoms with Crippen molar-refractivity contribution in [2.75, 3.05) is 7.11 Å². The molecule has 3 aromatic rings. The normalized spacial score (nSPS) is 11.5. The van der Waals surface area contributed by atoms with Gasteiger partial charge in [-0.3, -0.25) is 0 Å². The highest BCUT2D eigenvalue weighted by atomic mass is 35.5. The number of ether oxygens (including phenoxy) is 1. The van der Waals surface area contributed by atoms with Crippen LogP contribution in [-0.2, 0) is 0 Å². The summed E-state index contributed by atoms with van der Waals surface area (Å²) in [6, 6.07) is 13.4. The molecule has 1 heterocycles. The van der Waals surface area contributed by atoms with Gasteiger partial charge in [-0.05, 0) is 35.9 Å². The van der Waals surface area contributed by atoms with E-state index >= 15 is 0 Å². The van der Waals surface area contributed by atoms with Crippen LogP contribution in [0.5, 0.6) is 5.75 Å². The molecule has 1 aromatic heterocycles. The molecule has 0 radical (unpaired) electrons. The molecule has 0 atom stereocenters. The monoisotopic (exact) mass is 360 g/mol. The van der Waals surface area contributed by atoms with Gasteiger partial charge in [0.1, 0.15) is 11.1 Å². The van der Waals surface area contributed by atoms with E-state index in [-0.39, 0.29) is 0 Å². The summed E-state index contributed by atoms with van der Waals surface area (Å²) in [5.74, 6) is 0.420. The fourth-order valence-corrected chi connectivity index (χ4v) is 3.74. The molecular weight excluding hydrogens is 351 g/mol. The van der Waals surface area contributed by atoms with Crippen LogP contribution in [0.4, 0.5) is 0 Å². The summed E-state index contributed by atoms with van der Waals surface area (Å²) >= 11 is 13.7. The molecule has 0 amide bonds. The summed E-state index contributed by atoms with van der Waals surface area (Å²) in [5, 5.41) is 10.9. The second-order valence-corrected chi connectivity index (χ2v) is 6.52. The molecule has 0 N–H and O–H groups in total. The van der Waals surface area contributed by atoms with Crippen molar-refractivity contribution in [1.82, 2.24) is 4.98 Å². The van der Waals surface area contributed by atoms with Crippen LogP contribution >= 0.6 is 34.5 Å². The number of hydrogen-bond acceptors (Lipinski definition) is 4. The largest absolute Gasteiger partial charge is 0.494 e. The van der Waals surface area contributed by atoms with Crippen molar-refractivity contribution >= 4 is 56.4 Å². The number of thiazole rings is 1. The summed E-state index contributed by atoms with van der Waals surface area (Å²) in [6.07, 6.45) is 1.72. The Kier molecular flexibility index (Phi) is 4.53. The van der Waals surface area contributed by atoms with Crippen molar-refractivity contribution in [2.24, 2.45) is 0 Å². The van der Waals surface area contributed by atoms with E-state index in [0.29, 0.717) is 26.4 Å². The van der Waals surface area contributed by atoms with Gasteiger partial charge in [0.2, 0.25) is 0 Å². The summed E-state index contributed by atoms with van der Waals surface area (Å²) in [6.45, 7) is 0. The van der Waals surface area contributed by atoms with E-state index in [0.717, 1.165) is 15.8 Å². The first-order chi connectivity index (χ1) is 11.1. The SMILES string of the molecule is COc1c(Cl)cc(/C=C(/C#N)c2nc3ccccc3s2)cc1Cl. The lowest BCUT2D eigenvalue weighted by Crippen LogP contribution is -1.87. The zero-order valence-electron chi connectivity index (χ0n) is 12.0. The van der Waals surface area contributed by atoms with Gasteiger partial charge in [-0.1, -0.05) is 35.3 Å². The highest BCUT2D eigenvalue weighted by molar-refractivity contribution is 7.19. The first-order valence-electron chi connectivity index (χ1n) is 6.63. The molecule has 0 unspecified atom stereocenters. The Morgan fingerprint density at radius 1 is 1.26 bits per heavy atom. The predicted molar refractivity (Wildman–Crippen MR) is 96.1 cm³/mol. The molecule has 0 fully saturated rings. The number of fused-ring (bicyclic) bond motifs is 1. The Bertz CT molecular complexity index is 901. The Labute approximate surface area is 147 Å². The molecular formula is C17H10Cl2N2OS. The van der Waals surface area contributed by atoms with E-state index in [1.165, 1.54) is 18.4 Å². The lowest BCUT2D eigenvalue weighted by Gasteiger charge is -2.06. The first kappa shape index (κ1) is 15.8. The molecule has 0 bridgehead atoms. The van der Waals surface area contributed by atoms with Crippen molar-refractivity contribution in [3.05, 3.63) is 57.0 Å². The third-order valence-corrected chi connectivity index (χ3v) is 4.81. The lowest BCUT2D eigenvalue weighted by molar-refractivity contribution is 0.415. The quantitative estimate of drug-likeness (QED) is 0.564. The van der Waals surface area contributed by atoms with E-state index in [9.17, 15) is 5.26 Å². The Morgan fingerprint density at radius 2 is 1.96 bits per heavy atom. The Morgan fingerprint density at radius 3 is 2.57 bits per heavy atom. The van der Waals surface area contributed by atoms with Gasteiger partial charge < -0.3 is 4.74 Å². The summed E-state index contributed by atoms with van der Waals surface area (Å²) in [5.41, 5.74) is 2.06. The molecule has 0 aliphatic carbocycles. The smallest absolute Gasteiger partial charge is 0.156 e. The number of allylic oxidation sites excluding steroid dienone is 1. The van der Waals surface area contributed by atoms with Crippen LogP contribution in [0, 0.1) is 11.3 Å². The van der Waals surface area contributed by atoms with E-state index in [4.69, 9.17) is 27.9 Å². The average molecular weight is 361 g/mol. The van der Waals surface area contributed by atoms with Gasteiger partial charge in [-0.15, -0.1) is 11.3 Å². The van der Waals surface area contributed by atoms with Crippen molar-refractivity contribution < 1.29 is 4.74 Å². The molecule has 0 spiro atoms. The number of nitrogens with zero attached hydrogens (tertiary/aromatic N) is 2. The van der Waals surface area contributed by atoms with Crippen LogP contribution < -0.4 is 4.74 Å². The van der Waals surface area contributed by atoms with Crippen molar-refractivity contribution in [1.29, 1.82) is 5.26 Å². The van der Waals surface area contributed by atoms with E-state index in [1.54, 1.807) is 18.2 Å². The number of benzene rings is 2. The number of para-hydroxylation sites is 1. The standard InChI is InChI=1S/C17H10Cl2N2OS/c1-22-16-12(18)7-10(8-13(16)19)6-11(9-20)17-21-14-4-2-3-5-15(14)23-17/h2-8H,1H3/b11-6-. The van der Waals surface area contributed by atoms with Gasteiger partial charge in [0, 0.05) is 0 Å². The van der Waals surface area contributed by atoms with Crippen LogP contribution in [0.3, 0.4) is 0 Å². The zero-order valence-corrected chi connectivity index (χ0v) is 14.3. The maximum atomic E-state index is 9.46. The van der Waals surface area contributed by atoms with Crippen LogP contribution in [0.2, 0.25) is 10.0 Å². The minimum absolute atomic E-state index is 0.396. The molecule has 0 saturated heterocycles. The van der Waals surface area contributed by atoms with Gasteiger partial charge in [0.25, 0.3) is 0 Å². The molecule has 114 valence electrons. The number of nitriles is 1. The highest BCUT2D eigenvalue weighted by Gasteiger charge is 2.11. The van der Waals surface area contributed by atoms with Crippen LogP contribution in [0.25, 0.3) is 21.9 Å². The second-order valence-electron chi connectivity index (χ2n) is 4.67. The molecule has 0 aliphatic heterocycles. The maximum absolute atomic E-state index is 9.46. The Balaban J connectivity index is 2.07. The summed E-state index contributed by atoms with van der Waals surface area (Å²) in [7, 11) is 1.50. The third kappa shape index (κ3) is 3.18. The lowest BCUT2D eigenvalue weighted by atomic mass is 10.1. The van der Waals surface area contributed by atoms with Gasteiger partial charge >= 0.3 is 0 Å². The van der Waals surface area contributed by atoms with Crippen LogP contribution in [0.1, 0.15) is 10.6 Å². The summed E-state index contributed by atoms with van der Waals surface area (Å²) in [4.78, 5) is 4.50. The molecule has 3 nitrogen and oxygen atoms in total. The van der Waals surface area contributed by atoms with Gasteiger partial charge in [0.15, 0.2) is 5.75 Å². The Hall–Kier alpha value is -2.06. The average Bonchev–Trinajstić information content (AvgIpc) is 2.96. The minimum atomic E-state index is 0.396. The van der Waals surface area contributed by atoms with Crippen LogP contribution in [-0.4, -0.2) is 12.1 Å². The van der Waals surface area contributed by atoms with E-state index in [2.05, 4.69) is 11.1 Å². The highest BCUT2D eigenvalue weighted by Crippen LogP contribution is 2.35. The maximum Gasteiger partial charge on any atom is 0.156 e. The predicted octanol–water partition coefficient (Wildman–Crippen LogP) is 5.68. The van der Waals surface area contributed by atoms with Gasteiger partial charge in [-0.25, -0.2) is 4.98 Å². The molecule has 3 rings (SSSR count). The van der Waals surface area contributed by atoms with E-state index < -0.39 is 0 Å². The topological polar surface area (TPSA) is 45.9 Å². The number of halogens is 2. The van der Waals surface area contributed by atoms with Gasteiger partial charge in [-0.2, -0.15) is 5.26 Å². The number of methoxy groups -OCH3 is 1. The molecule has 2 aromatic carbocycles. The third-order valence-electron chi connectivity index (χ3n) is 3.18. The molecule has 6 heteroatoms. The number of aromatic nitrogens is 1. The van der Waals surface area contributed by atoms with Gasteiger partial charge in [0.05, 0.1) is 32.9 Å². The van der Waals surface area contributed by atoms with Crippen molar-refractivity contribution in [2.45, 2.75) is 0 Å². The van der Waals surface area contributed by atoms with E-state index in [1.807, 2.05) is 24.3 Å². The fraction of sp³-hybridized carbons (Fsp3) is 0.0588. The van der Waals surface area contributed by atoms with Crippen molar-refractivity contribution in [3.63, 3.8) is 0 Å². The molecule has 0 aliphatic rings. The number of rotatable bonds is 3. The summed E-state index contributed by atoms with van der Waals surface area (Å²) < 4.78 is 6.16. The molecule has 0 saturated carbocycles. The second kappa shape index (κ2) is 6.59. The van der Waals surface area contributed by atoms with Crippen LogP contribution in [0.15, 0.2) is 36.4 Å².